The van der Waals surface area contributed by atoms with E-state index in [1.807, 2.05) is 0 Å². The first-order chi connectivity index (χ1) is 9.89. The molecule has 132 valence electrons. The van der Waals surface area contributed by atoms with Gasteiger partial charge in [-0.25, -0.2) is 0 Å². The predicted octanol–water partition coefficient (Wildman–Crippen LogP) is -1.03. The third-order valence-electron chi connectivity index (χ3n) is 2.91. The Balaban J connectivity index is 2.43. The molecule has 5 atom stereocenters. The summed E-state index contributed by atoms with van der Waals surface area (Å²) in [5.41, 5.74) is 6.39. The zero-order chi connectivity index (χ0) is 17.1. The van der Waals surface area contributed by atoms with Crippen molar-refractivity contribution in [2.45, 2.75) is 53.0 Å². The normalized spacial score (nSPS) is 31.4. The number of ether oxygens (including phenoxy) is 2. The summed E-state index contributed by atoms with van der Waals surface area (Å²) in [5, 5.41) is 29.9. The molecule has 1 rings (SSSR count). The first-order valence-corrected chi connectivity index (χ1v) is 14.9. The van der Waals surface area contributed by atoms with Gasteiger partial charge in [0.05, 0.1) is 0 Å². The van der Waals surface area contributed by atoms with Gasteiger partial charge in [-0.05, 0) is 0 Å². The van der Waals surface area contributed by atoms with Gasteiger partial charge < -0.3 is 0 Å². The molecule has 0 aromatic heterocycles. The number of aliphatic hydroxyl groups is 3. The van der Waals surface area contributed by atoms with Crippen LogP contribution in [0.3, 0.4) is 0 Å². The van der Waals surface area contributed by atoms with Crippen LogP contribution in [0.5, 0.6) is 0 Å². The van der Waals surface area contributed by atoms with E-state index in [-0.39, 0.29) is 6.61 Å². The molecule has 0 bridgehead atoms. The molecular formula is C11H24AsO9S+. The number of hydrogen-bond acceptors (Lipinski definition) is 8. The van der Waals surface area contributed by atoms with Gasteiger partial charge in [0.1, 0.15) is 0 Å². The Labute approximate surface area is 132 Å². The molecule has 1 heterocycles. The van der Waals surface area contributed by atoms with E-state index in [9.17, 15) is 23.7 Å². The molecular weight excluding hydrogens is 383 g/mol. The van der Waals surface area contributed by atoms with E-state index < -0.39 is 61.3 Å². The summed E-state index contributed by atoms with van der Waals surface area (Å²) in [7, 11) is -4.64. The van der Waals surface area contributed by atoms with Crippen molar-refractivity contribution in [3.05, 3.63) is 0 Å². The summed E-state index contributed by atoms with van der Waals surface area (Å²) in [4.78, 5) is 0. The van der Waals surface area contributed by atoms with Crippen LogP contribution in [-0.4, -0.2) is 85.8 Å². The van der Waals surface area contributed by atoms with E-state index in [0.29, 0.717) is 5.21 Å². The second-order valence-electron chi connectivity index (χ2n) is 6.20. The Bertz CT molecular complexity index is 449. The fraction of sp³-hybridized carbons (Fsp3) is 1.00. The van der Waals surface area contributed by atoms with Gasteiger partial charge in [-0.1, -0.05) is 0 Å². The number of aliphatic hydroxyl groups excluding tert-OH is 3. The molecule has 0 spiro atoms. The third-order valence-corrected chi connectivity index (χ3v) is 6.40. The maximum absolute atomic E-state index is 10.4. The van der Waals surface area contributed by atoms with Crippen LogP contribution < -0.4 is 0 Å². The van der Waals surface area contributed by atoms with E-state index >= 15 is 0 Å². The van der Waals surface area contributed by atoms with Crippen molar-refractivity contribution in [2.24, 2.45) is 0 Å². The fourth-order valence-corrected chi connectivity index (χ4v) is 5.19. The molecule has 0 aliphatic carbocycles. The number of rotatable bonds is 8. The zero-order valence-electron chi connectivity index (χ0n) is 12.7. The van der Waals surface area contributed by atoms with E-state index in [1.165, 1.54) is 0 Å². The van der Waals surface area contributed by atoms with Crippen molar-refractivity contribution in [1.29, 1.82) is 0 Å². The second kappa shape index (κ2) is 7.87. The van der Waals surface area contributed by atoms with E-state index in [4.69, 9.17) is 14.0 Å². The fourth-order valence-electron chi connectivity index (χ4n) is 1.96. The van der Waals surface area contributed by atoms with Gasteiger partial charge in [0.25, 0.3) is 0 Å². The van der Waals surface area contributed by atoms with Crippen LogP contribution in [0.2, 0.25) is 22.3 Å². The zero-order valence-corrected chi connectivity index (χ0v) is 15.4. The van der Waals surface area contributed by atoms with Crippen molar-refractivity contribution in [1.82, 2.24) is 0 Å². The minimum atomic E-state index is -4.64. The standard InChI is InChI=1S/C11H23AsO9S/c1-12(2,3)4-8-9(14)10(15)11(21-8)19-5-7(13)6-20-22(16,17)18/h7-11,13-15H,4-6H2,1-3H3/p+1/t7-,8+,9+,10-,11-/m0/s1. The summed E-state index contributed by atoms with van der Waals surface area (Å²) in [6, 6.07) is 0. The molecule has 1 fully saturated rings. The van der Waals surface area contributed by atoms with Crippen LogP contribution in [0.4, 0.5) is 0 Å². The average Bonchev–Trinajstić information content (AvgIpc) is 2.59. The van der Waals surface area contributed by atoms with Crippen molar-refractivity contribution < 1.29 is 41.9 Å². The SMILES string of the molecule is C[As+](C)(C)C[C@H]1O[C@H](OC[C@H](O)COS(=O)(=O)O)[C@@H](O)[C@@H]1O. The maximum atomic E-state index is 10.4. The predicted molar refractivity (Wildman–Crippen MR) is 78.3 cm³/mol. The summed E-state index contributed by atoms with van der Waals surface area (Å²) in [5.74, 6) is 0. The van der Waals surface area contributed by atoms with Crippen LogP contribution >= 0.6 is 0 Å². The molecule has 1 aliphatic rings. The molecule has 1 saturated heterocycles. The Kier molecular flexibility index (Phi) is 7.25. The van der Waals surface area contributed by atoms with E-state index in [1.54, 1.807) is 0 Å². The van der Waals surface area contributed by atoms with Gasteiger partial charge in [-0.2, -0.15) is 0 Å². The quantitative estimate of drug-likeness (QED) is 0.293. The van der Waals surface area contributed by atoms with E-state index in [0.717, 1.165) is 0 Å². The van der Waals surface area contributed by atoms with Crippen molar-refractivity contribution >= 4 is 24.0 Å². The van der Waals surface area contributed by atoms with Crippen LogP contribution in [0.1, 0.15) is 0 Å². The molecule has 0 amide bonds. The summed E-state index contributed by atoms with van der Waals surface area (Å²) in [6.07, 6.45) is -5.30. The van der Waals surface area contributed by atoms with Crippen LogP contribution in [-0.2, 0) is 24.1 Å². The summed E-state index contributed by atoms with van der Waals surface area (Å²) in [6.45, 7) is -1.07. The van der Waals surface area contributed by atoms with Gasteiger partial charge in [-0.15, -0.1) is 0 Å². The molecule has 22 heavy (non-hydrogen) atoms. The molecule has 4 N–H and O–H groups in total. The summed E-state index contributed by atoms with van der Waals surface area (Å²) >= 11 is -1.85. The van der Waals surface area contributed by atoms with Gasteiger partial charge in [0.2, 0.25) is 0 Å². The Morgan fingerprint density at radius 1 is 1.18 bits per heavy atom. The van der Waals surface area contributed by atoms with Crippen molar-refractivity contribution in [3.8, 4) is 0 Å². The topological polar surface area (TPSA) is 143 Å². The average molecular weight is 407 g/mol. The van der Waals surface area contributed by atoms with Crippen LogP contribution in [0, 0.1) is 0 Å². The second-order valence-corrected chi connectivity index (χ2v) is 17.7. The third kappa shape index (κ3) is 7.20. The van der Waals surface area contributed by atoms with Gasteiger partial charge in [-0.3, -0.25) is 0 Å². The first kappa shape index (κ1) is 20.3. The van der Waals surface area contributed by atoms with E-state index in [2.05, 4.69) is 21.3 Å². The Morgan fingerprint density at radius 3 is 2.27 bits per heavy atom. The first-order valence-electron chi connectivity index (χ1n) is 6.62. The molecule has 0 aromatic carbocycles. The molecule has 11 heteroatoms. The Morgan fingerprint density at radius 2 is 1.77 bits per heavy atom. The molecule has 1 aliphatic heterocycles. The molecule has 9 nitrogen and oxygen atoms in total. The monoisotopic (exact) mass is 407 g/mol. The number of hydrogen-bond donors (Lipinski definition) is 4. The van der Waals surface area contributed by atoms with Gasteiger partial charge in [0, 0.05) is 0 Å². The van der Waals surface area contributed by atoms with Crippen molar-refractivity contribution in [2.75, 3.05) is 13.2 Å². The van der Waals surface area contributed by atoms with Gasteiger partial charge in [0.15, 0.2) is 0 Å². The summed E-state index contributed by atoms with van der Waals surface area (Å²) < 4.78 is 43.7. The molecule has 0 saturated carbocycles. The minimum absolute atomic E-state index is 0.383. The molecule has 0 unspecified atom stereocenters. The van der Waals surface area contributed by atoms with Crippen LogP contribution in [0.15, 0.2) is 0 Å². The molecule has 0 radical (unpaired) electrons. The van der Waals surface area contributed by atoms with Gasteiger partial charge >= 0.3 is 132 Å². The Hall–Kier alpha value is 0.228. The van der Waals surface area contributed by atoms with Crippen LogP contribution in [0.25, 0.3) is 0 Å². The van der Waals surface area contributed by atoms with Crippen molar-refractivity contribution in [3.63, 3.8) is 0 Å². The molecule has 0 aromatic rings.